The monoisotopic (exact) mass is 870 g/mol. The zero-order valence-electron chi connectivity index (χ0n) is 37.2. The van der Waals surface area contributed by atoms with E-state index in [1.807, 2.05) is 82.3 Å². The number of rotatable bonds is 25. The summed E-state index contributed by atoms with van der Waals surface area (Å²) in [6.07, 6.45) is -0.944. The number of hydrogen-bond acceptors (Lipinski definition) is 12. The third kappa shape index (κ3) is 18.4. The van der Waals surface area contributed by atoms with Gasteiger partial charge in [-0.25, -0.2) is 14.6 Å². The largest absolute Gasteiger partial charge is 0.491 e. The van der Waals surface area contributed by atoms with Crippen LogP contribution in [0, 0.1) is 11.8 Å². The highest BCUT2D eigenvalue weighted by Gasteiger charge is 2.32. The fraction of sp³-hybridized carbons (Fsp3) is 0.636. The van der Waals surface area contributed by atoms with Crippen molar-refractivity contribution in [1.29, 1.82) is 0 Å². The van der Waals surface area contributed by atoms with Gasteiger partial charge < -0.3 is 50.6 Å². The highest BCUT2D eigenvalue weighted by molar-refractivity contribution is 5.88. The summed E-state index contributed by atoms with van der Waals surface area (Å²) < 4.78 is 21.6. The number of nitrogens with one attached hydrogen (secondary N) is 6. The summed E-state index contributed by atoms with van der Waals surface area (Å²) in [6, 6.07) is 13.3. The van der Waals surface area contributed by atoms with Crippen LogP contribution in [0.1, 0.15) is 38.8 Å². The number of hydrogen-bond donors (Lipinski definition) is 7. The van der Waals surface area contributed by atoms with Gasteiger partial charge in [0.2, 0.25) is 5.91 Å². The minimum Gasteiger partial charge on any atom is -0.491 e. The van der Waals surface area contributed by atoms with Crippen LogP contribution in [-0.2, 0) is 36.8 Å². The summed E-state index contributed by atoms with van der Waals surface area (Å²) in [5, 5.41) is 28.1. The summed E-state index contributed by atoms with van der Waals surface area (Å²) in [5.74, 6) is -0.829. The maximum absolute atomic E-state index is 14.0. The molecule has 2 unspecified atom stereocenters. The zero-order chi connectivity index (χ0) is 44.7. The Morgan fingerprint density at radius 1 is 0.710 bits per heavy atom. The summed E-state index contributed by atoms with van der Waals surface area (Å²) >= 11 is 0. The van der Waals surface area contributed by atoms with Gasteiger partial charge in [0.25, 0.3) is 5.91 Å². The fourth-order valence-corrected chi connectivity index (χ4v) is 7.07. The maximum Gasteiger partial charge on any atom is 0.315 e. The SMILES string of the molecule is COCCOc1ccc(CN(CC(O)C(Cc2ccccc2)NC(=O)[C@@H](NC(=O)NCCN2CCOCC2)C(C)C)NC(=O)[C@@H](NC(=O)NCCN2CCOCC2)C(C)C)cc1. The van der Waals surface area contributed by atoms with Gasteiger partial charge in [0.05, 0.1) is 45.2 Å². The summed E-state index contributed by atoms with van der Waals surface area (Å²) in [6.45, 7) is 16.2. The average Bonchev–Trinajstić information content (AvgIpc) is 3.26. The molecule has 4 atom stereocenters. The Bertz CT molecular complexity index is 1610. The third-order valence-corrected chi connectivity index (χ3v) is 10.7. The molecule has 62 heavy (non-hydrogen) atoms. The molecule has 2 aliphatic rings. The molecule has 2 saturated heterocycles. The van der Waals surface area contributed by atoms with Gasteiger partial charge in [0, 0.05) is 72.6 Å². The number of carbonyl (C=O) groups is 4. The summed E-state index contributed by atoms with van der Waals surface area (Å²) in [7, 11) is 1.60. The molecule has 2 aromatic carbocycles. The number of hydrazine groups is 1. The van der Waals surface area contributed by atoms with Crippen molar-refractivity contribution in [1.82, 2.24) is 46.8 Å². The van der Waals surface area contributed by atoms with Crippen molar-refractivity contribution in [2.75, 3.05) is 106 Å². The number of aliphatic hydroxyl groups excluding tert-OH is 1. The van der Waals surface area contributed by atoms with Crippen LogP contribution >= 0.6 is 0 Å². The predicted octanol–water partition coefficient (Wildman–Crippen LogP) is 0.945. The van der Waals surface area contributed by atoms with Gasteiger partial charge in [-0.3, -0.25) is 24.8 Å². The molecule has 0 radical (unpaired) electrons. The standard InChI is InChI=1S/C44H71N9O9/c1-32(2)39(48-43(57)45-15-17-51-19-23-60-24-20-51)41(55)47-37(29-34-9-7-6-8-10-34)38(54)31-53(30-35-11-13-36(14-12-35)62-28-27-59-5)50-42(56)40(33(3)4)49-44(58)46-16-18-52-21-25-61-26-22-52/h6-14,32-33,37-40,54H,15-31H2,1-5H3,(H,47,55)(H,50,56)(H2,45,48,57)(H2,46,49,58)/t37?,38?,39-,40-/m0/s1. The van der Waals surface area contributed by atoms with Crippen molar-refractivity contribution in [2.45, 2.75) is 64.9 Å². The number of benzene rings is 2. The van der Waals surface area contributed by atoms with Crippen LogP contribution in [0.15, 0.2) is 54.6 Å². The second-order valence-electron chi connectivity index (χ2n) is 16.4. The van der Waals surface area contributed by atoms with E-state index in [0.29, 0.717) is 71.6 Å². The molecule has 0 aromatic heterocycles. The molecule has 2 aliphatic heterocycles. The molecule has 2 heterocycles. The van der Waals surface area contributed by atoms with Crippen molar-refractivity contribution in [3.8, 4) is 5.75 Å². The van der Waals surface area contributed by atoms with Gasteiger partial charge in [-0.1, -0.05) is 70.2 Å². The van der Waals surface area contributed by atoms with Crippen molar-refractivity contribution < 1.29 is 43.2 Å². The van der Waals surface area contributed by atoms with Gasteiger partial charge >= 0.3 is 12.1 Å². The molecule has 7 N–H and O–H groups in total. The molecule has 0 spiro atoms. The highest BCUT2D eigenvalue weighted by Crippen LogP contribution is 2.16. The van der Waals surface area contributed by atoms with E-state index >= 15 is 0 Å². The van der Waals surface area contributed by atoms with Gasteiger partial charge in [-0.05, 0) is 41.5 Å². The van der Waals surface area contributed by atoms with Crippen molar-refractivity contribution in [3.05, 3.63) is 65.7 Å². The Morgan fingerprint density at radius 2 is 1.24 bits per heavy atom. The first-order valence-electron chi connectivity index (χ1n) is 21.9. The molecule has 2 aromatic rings. The topological polar surface area (TPSA) is 207 Å². The van der Waals surface area contributed by atoms with Gasteiger partial charge in [0.1, 0.15) is 24.4 Å². The lowest BCUT2D eigenvalue weighted by molar-refractivity contribution is -0.131. The molecule has 6 amide bonds. The molecule has 18 heteroatoms. The first-order chi connectivity index (χ1) is 29.9. The van der Waals surface area contributed by atoms with Crippen LogP contribution < -0.4 is 36.7 Å². The highest BCUT2D eigenvalue weighted by atomic mass is 16.5. The molecule has 2 fully saturated rings. The second kappa shape index (κ2) is 27.5. The lowest BCUT2D eigenvalue weighted by Gasteiger charge is -2.33. The Kier molecular flexibility index (Phi) is 22.2. The minimum absolute atomic E-state index is 0.103. The van der Waals surface area contributed by atoms with Crippen LogP contribution in [-0.4, -0.2) is 174 Å². The summed E-state index contributed by atoms with van der Waals surface area (Å²) in [5.41, 5.74) is 4.64. The van der Waals surface area contributed by atoms with Crippen LogP contribution in [0.3, 0.4) is 0 Å². The Morgan fingerprint density at radius 3 is 1.76 bits per heavy atom. The van der Waals surface area contributed by atoms with Crippen molar-refractivity contribution >= 4 is 23.9 Å². The number of amides is 6. The normalized spacial score (nSPS) is 16.9. The summed E-state index contributed by atoms with van der Waals surface area (Å²) in [4.78, 5) is 58.5. The van der Waals surface area contributed by atoms with E-state index in [-0.39, 0.29) is 31.3 Å². The molecule has 0 saturated carbocycles. The van der Waals surface area contributed by atoms with Crippen LogP contribution in [0.4, 0.5) is 9.59 Å². The van der Waals surface area contributed by atoms with Crippen molar-refractivity contribution in [2.24, 2.45) is 11.8 Å². The van der Waals surface area contributed by atoms with E-state index < -0.39 is 48.1 Å². The van der Waals surface area contributed by atoms with Gasteiger partial charge in [-0.2, -0.15) is 0 Å². The van der Waals surface area contributed by atoms with E-state index in [9.17, 15) is 24.3 Å². The van der Waals surface area contributed by atoms with E-state index in [1.165, 1.54) is 0 Å². The smallest absolute Gasteiger partial charge is 0.315 e. The average molecular weight is 870 g/mol. The number of nitrogens with zero attached hydrogens (tertiary/aromatic N) is 3. The third-order valence-electron chi connectivity index (χ3n) is 10.7. The molecule has 4 rings (SSSR count). The van der Waals surface area contributed by atoms with E-state index in [4.69, 9.17) is 18.9 Å². The van der Waals surface area contributed by atoms with Crippen LogP contribution in [0.25, 0.3) is 0 Å². The first kappa shape index (κ1) is 50.1. The number of urea groups is 2. The van der Waals surface area contributed by atoms with Crippen LogP contribution in [0.2, 0.25) is 0 Å². The Labute approximate surface area is 367 Å². The number of carbonyl (C=O) groups excluding carboxylic acids is 4. The van der Waals surface area contributed by atoms with Crippen LogP contribution in [0.5, 0.6) is 5.75 Å². The number of ether oxygens (including phenoxy) is 4. The maximum atomic E-state index is 14.0. The second-order valence-corrected chi connectivity index (χ2v) is 16.4. The quantitative estimate of drug-likeness (QED) is 0.0551. The molecule has 346 valence electrons. The minimum atomic E-state index is -1.21. The van der Waals surface area contributed by atoms with Crippen molar-refractivity contribution in [3.63, 3.8) is 0 Å². The Hall–Kier alpha value is -4.56. The molecule has 0 aliphatic carbocycles. The fourth-order valence-electron chi connectivity index (χ4n) is 7.07. The van der Waals surface area contributed by atoms with E-state index in [2.05, 4.69) is 41.8 Å². The van der Waals surface area contributed by atoms with Gasteiger partial charge in [-0.15, -0.1) is 0 Å². The lowest BCUT2D eigenvalue weighted by Crippen LogP contribution is -2.60. The lowest BCUT2D eigenvalue weighted by atomic mass is 9.98. The Balaban J connectivity index is 1.48. The van der Waals surface area contributed by atoms with E-state index in [1.54, 1.807) is 12.1 Å². The first-order valence-corrected chi connectivity index (χ1v) is 21.9. The predicted molar refractivity (Wildman–Crippen MR) is 235 cm³/mol. The molecular formula is C44H71N9O9. The number of methoxy groups -OCH3 is 1. The number of morpholine rings is 2. The van der Waals surface area contributed by atoms with E-state index in [0.717, 1.165) is 37.3 Å². The molecular weight excluding hydrogens is 799 g/mol. The zero-order valence-corrected chi connectivity index (χ0v) is 37.2. The molecule has 0 bridgehead atoms. The molecule has 18 nitrogen and oxygen atoms in total. The van der Waals surface area contributed by atoms with Gasteiger partial charge in [0.15, 0.2) is 0 Å². The number of aliphatic hydroxyl groups is 1.